The monoisotopic (exact) mass is 221 g/mol. The summed E-state index contributed by atoms with van der Waals surface area (Å²) in [6.45, 7) is 7.96. The summed E-state index contributed by atoms with van der Waals surface area (Å²) in [6, 6.07) is 2.84. The molecule has 3 atom stereocenters. The van der Waals surface area contributed by atoms with E-state index >= 15 is 0 Å². The molecule has 1 N–H and O–H groups in total. The van der Waals surface area contributed by atoms with Gasteiger partial charge in [-0.3, -0.25) is 4.68 Å². The van der Waals surface area contributed by atoms with E-state index in [0.29, 0.717) is 17.4 Å². The molecule has 3 nitrogen and oxygen atoms in total. The average Bonchev–Trinajstić information content (AvgIpc) is 2.68. The molecule has 1 fully saturated rings. The van der Waals surface area contributed by atoms with Gasteiger partial charge in [-0.2, -0.15) is 5.10 Å². The Morgan fingerprint density at radius 3 is 2.81 bits per heavy atom. The van der Waals surface area contributed by atoms with Crippen LogP contribution in [0.5, 0.6) is 0 Å². The first-order valence-corrected chi connectivity index (χ1v) is 6.34. The lowest BCUT2D eigenvalue weighted by Crippen LogP contribution is -2.57. The van der Waals surface area contributed by atoms with Gasteiger partial charge in [0, 0.05) is 30.9 Å². The van der Waals surface area contributed by atoms with Gasteiger partial charge in [-0.05, 0) is 30.9 Å². The van der Waals surface area contributed by atoms with Gasteiger partial charge in [-0.1, -0.05) is 20.8 Å². The predicted octanol–water partition coefficient (Wildman–Crippen LogP) is 2.30. The molecule has 0 bridgehead atoms. The van der Waals surface area contributed by atoms with Crippen molar-refractivity contribution in [2.45, 2.75) is 45.6 Å². The Morgan fingerprint density at radius 1 is 1.56 bits per heavy atom. The first-order valence-electron chi connectivity index (χ1n) is 6.34. The molecule has 2 rings (SSSR count). The zero-order valence-electron chi connectivity index (χ0n) is 10.8. The Hall–Kier alpha value is -0.830. The number of nitrogens with zero attached hydrogens (tertiary/aromatic N) is 2. The van der Waals surface area contributed by atoms with Crippen LogP contribution in [0.2, 0.25) is 0 Å². The molecule has 0 aromatic carbocycles. The van der Waals surface area contributed by atoms with Crippen LogP contribution in [0.4, 0.5) is 0 Å². The molecule has 0 amide bonds. The number of aryl methyl sites for hydroxylation is 1. The molecule has 0 spiro atoms. The maximum Gasteiger partial charge on any atom is 0.0492 e. The molecule has 1 aliphatic carbocycles. The summed E-state index contributed by atoms with van der Waals surface area (Å²) >= 11 is 0. The molecule has 0 aliphatic heterocycles. The van der Waals surface area contributed by atoms with Crippen molar-refractivity contribution in [2.24, 2.45) is 12.5 Å². The van der Waals surface area contributed by atoms with Crippen LogP contribution in [-0.2, 0) is 7.05 Å². The fourth-order valence-corrected chi connectivity index (χ4v) is 3.10. The van der Waals surface area contributed by atoms with Gasteiger partial charge in [0.2, 0.25) is 0 Å². The average molecular weight is 221 g/mol. The first-order chi connectivity index (χ1) is 7.63. The smallest absolute Gasteiger partial charge is 0.0492 e. The van der Waals surface area contributed by atoms with Crippen LogP contribution in [-0.4, -0.2) is 22.4 Å². The normalized spacial score (nSPS) is 33.8. The van der Waals surface area contributed by atoms with Gasteiger partial charge < -0.3 is 5.32 Å². The molecular formula is C13H23N3. The minimum absolute atomic E-state index is 0.393. The maximum absolute atomic E-state index is 4.29. The second-order valence-electron chi connectivity index (χ2n) is 5.14. The highest BCUT2D eigenvalue weighted by Crippen LogP contribution is 2.54. The van der Waals surface area contributed by atoms with Gasteiger partial charge >= 0.3 is 0 Å². The number of hydrogen-bond donors (Lipinski definition) is 1. The summed E-state index contributed by atoms with van der Waals surface area (Å²) in [4.78, 5) is 0. The van der Waals surface area contributed by atoms with Crippen molar-refractivity contribution in [3.63, 3.8) is 0 Å². The molecule has 3 heteroatoms. The van der Waals surface area contributed by atoms with Crippen LogP contribution in [0.25, 0.3) is 0 Å². The van der Waals surface area contributed by atoms with Crippen molar-refractivity contribution in [3.8, 4) is 0 Å². The molecule has 0 radical (unpaired) electrons. The molecule has 0 saturated heterocycles. The molecule has 1 saturated carbocycles. The molecule has 16 heavy (non-hydrogen) atoms. The second kappa shape index (κ2) is 4.21. The van der Waals surface area contributed by atoms with E-state index in [1.54, 1.807) is 0 Å². The van der Waals surface area contributed by atoms with Gasteiger partial charge in [-0.15, -0.1) is 0 Å². The van der Waals surface area contributed by atoms with Gasteiger partial charge in [0.25, 0.3) is 0 Å². The largest absolute Gasteiger partial charge is 0.314 e. The standard InChI is InChI=1S/C13H23N3/c1-5-13(3)10(9-12(13)14-6-2)11-7-8-15-16(11)4/h7-8,10,12,14H,5-6,9H2,1-4H3. The lowest BCUT2D eigenvalue weighted by atomic mass is 9.55. The lowest BCUT2D eigenvalue weighted by molar-refractivity contribution is 0.0410. The van der Waals surface area contributed by atoms with Gasteiger partial charge in [-0.25, -0.2) is 0 Å². The Kier molecular flexibility index (Phi) is 3.06. The molecule has 90 valence electrons. The topological polar surface area (TPSA) is 29.9 Å². The van der Waals surface area contributed by atoms with E-state index < -0.39 is 0 Å². The van der Waals surface area contributed by atoms with Crippen LogP contribution >= 0.6 is 0 Å². The summed E-state index contributed by atoms with van der Waals surface area (Å²) in [5.74, 6) is 0.661. The zero-order valence-corrected chi connectivity index (χ0v) is 10.8. The summed E-state index contributed by atoms with van der Waals surface area (Å²) in [6.07, 6.45) is 4.38. The lowest BCUT2D eigenvalue weighted by Gasteiger charge is -2.54. The van der Waals surface area contributed by atoms with Crippen molar-refractivity contribution in [3.05, 3.63) is 18.0 Å². The highest BCUT2D eigenvalue weighted by Gasteiger charge is 2.51. The number of rotatable bonds is 4. The number of aromatic nitrogens is 2. The van der Waals surface area contributed by atoms with Crippen molar-refractivity contribution in [2.75, 3.05) is 6.54 Å². The van der Waals surface area contributed by atoms with Gasteiger partial charge in [0.05, 0.1) is 0 Å². The number of hydrogen-bond acceptors (Lipinski definition) is 2. The fraction of sp³-hybridized carbons (Fsp3) is 0.769. The Labute approximate surface area is 98.2 Å². The van der Waals surface area contributed by atoms with E-state index in [1.807, 2.05) is 17.9 Å². The third-order valence-electron chi connectivity index (χ3n) is 4.49. The third kappa shape index (κ3) is 1.58. The van der Waals surface area contributed by atoms with Crippen molar-refractivity contribution in [1.82, 2.24) is 15.1 Å². The Morgan fingerprint density at radius 2 is 2.31 bits per heavy atom. The Bertz CT molecular complexity index is 358. The first kappa shape index (κ1) is 11.6. The highest BCUT2D eigenvalue weighted by atomic mass is 15.3. The fourth-order valence-electron chi connectivity index (χ4n) is 3.10. The molecule has 1 aliphatic rings. The van der Waals surface area contributed by atoms with E-state index in [1.165, 1.54) is 18.5 Å². The summed E-state index contributed by atoms with van der Waals surface area (Å²) in [5.41, 5.74) is 1.78. The van der Waals surface area contributed by atoms with E-state index in [9.17, 15) is 0 Å². The summed E-state index contributed by atoms with van der Waals surface area (Å²) < 4.78 is 2.03. The van der Waals surface area contributed by atoms with Gasteiger partial charge in [0.15, 0.2) is 0 Å². The van der Waals surface area contributed by atoms with Crippen LogP contribution < -0.4 is 5.32 Å². The minimum Gasteiger partial charge on any atom is -0.314 e. The summed E-state index contributed by atoms with van der Waals surface area (Å²) in [5, 5.41) is 7.89. The van der Waals surface area contributed by atoms with E-state index in [-0.39, 0.29) is 0 Å². The Balaban J connectivity index is 2.17. The van der Waals surface area contributed by atoms with Crippen LogP contribution in [0.1, 0.15) is 45.2 Å². The summed E-state index contributed by atoms with van der Waals surface area (Å²) in [7, 11) is 2.05. The van der Waals surface area contributed by atoms with E-state index in [0.717, 1.165) is 6.54 Å². The van der Waals surface area contributed by atoms with E-state index in [2.05, 4.69) is 37.3 Å². The van der Waals surface area contributed by atoms with Crippen LogP contribution in [0, 0.1) is 5.41 Å². The third-order valence-corrected chi connectivity index (χ3v) is 4.49. The number of nitrogens with one attached hydrogen (secondary N) is 1. The maximum atomic E-state index is 4.29. The molecule has 1 aromatic rings. The molecular weight excluding hydrogens is 198 g/mol. The van der Waals surface area contributed by atoms with Crippen molar-refractivity contribution in [1.29, 1.82) is 0 Å². The van der Waals surface area contributed by atoms with Crippen LogP contribution in [0.3, 0.4) is 0 Å². The molecule has 1 heterocycles. The van der Waals surface area contributed by atoms with E-state index in [4.69, 9.17) is 0 Å². The zero-order chi connectivity index (χ0) is 11.8. The van der Waals surface area contributed by atoms with Crippen LogP contribution in [0.15, 0.2) is 12.3 Å². The predicted molar refractivity (Wildman–Crippen MR) is 66.4 cm³/mol. The second-order valence-corrected chi connectivity index (χ2v) is 5.14. The SMILES string of the molecule is CCNC1CC(c2ccnn2C)C1(C)CC. The van der Waals surface area contributed by atoms with Crippen molar-refractivity contribution < 1.29 is 0 Å². The van der Waals surface area contributed by atoms with Gasteiger partial charge in [0.1, 0.15) is 0 Å². The highest BCUT2D eigenvalue weighted by molar-refractivity contribution is 5.21. The molecule has 3 unspecified atom stereocenters. The van der Waals surface area contributed by atoms with Crippen molar-refractivity contribution >= 4 is 0 Å². The molecule has 1 aromatic heterocycles. The minimum atomic E-state index is 0.393. The quantitative estimate of drug-likeness (QED) is 0.845.